The van der Waals surface area contributed by atoms with Crippen LogP contribution >= 0.6 is 0 Å². The van der Waals surface area contributed by atoms with E-state index in [4.69, 9.17) is 5.26 Å². The Labute approximate surface area is 85.4 Å². The summed E-state index contributed by atoms with van der Waals surface area (Å²) in [6, 6.07) is 10.9. The van der Waals surface area contributed by atoms with Crippen molar-refractivity contribution in [2.75, 3.05) is 0 Å². The lowest BCUT2D eigenvalue weighted by Crippen LogP contribution is -1.89. The number of nitrogens with zero attached hydrogens (tertiary/aromatic N) is 1. The maximum atomic E-state index is 8.98. The molecule has 0 N–H and O–H groups in total. The molecule has 14 heavy (non-hydrogen) atoms. The van der Waals surface area contributed by atoms with Gasteiger partial charge in [0.05, 0.1) is 12.0 Å². The van der Waals surface area contributed by atoms with Gasteiger partial charge in [-0.05, 0) is 17.9 Å². The summed E-state index contributed by atoms with van der Waals surface area (Å²) in [7, 11) is 0. The molecule has 1 aliphatic carbocycles. The fourth-order valence-electron chi connectivity index (χ4n) is 2.27. The Hall–Kier alpha value is -1.29. The molecule has 1 aromatic carbocycles. The molecule has 0 amide bonds. The highest BCUT2D eigenvalue weighted by molar-refractivity contribution is 5.36. The summed E-state index contributed by atoms with van der Waals surface area (Å²) in [5, 5.41) is 8.98. The van der Waals surface area contributed by atoms with Crippen LogP contribution in [0.25, 0.3) is 0 Å². The molecular formula is C13H15N. The SMILES string of the molecule is Cc1ccc(C2C(C#N)C2(C)C)cc1. The smallest absolute Gasteiger partial charge is 0.0668 e. The van der Waals surface area contributed by atoms with Crippen LogP contribution in [0.2, 0.25) is 0 Å². The minimum Gasteiger partial charge on any atom is -0.198 e. The quantitative estimate of drug-likeness (QED) is 0.658. The zero-order chi connectivity index (χ0) is 10.3. The number of rotatable bonds is 1. The third kappa shape index (κ3) is 1.23. The van der Waals surface area contributed by atoms with Crippen LogP contribution in [-0.2, 0) is 0 Å². The standard InChI is InChI=1S/C13H15N/c1-9-4-6-10(7-5-9)12-11(8-14)13(12,2)3/h4-7,11-12H,1-3H3. The van der Waals surface area contributed by atoms with Crippen molar-refractivity contribution in [2.45, 2.75) is 26.7 Å². The van der Waals surface area contributed by atoms with Crippen molar-refractivity contribution >= 4 is 0 Å². The lowest BCUT2D eigenvalue weighted by atomic mass is 10.0. The van der Waals surface area contributed by atoms with E-state index >= 15 is 0 Å². The predicted molar refractivity (Wildman–Crippen MR) is 56.8 cm³/mol. The second-order valence-electron chi connectivity index (χ2n) is 4.82. The molecule has 1 fully saturated rings. The first-order valence-corrected chi connectivity index (χ1v) is 5.03. The van der Waals surface area contributed by atoms with E-state index in [1.54, 1.807) is 0 Å². The van der Waals surface area contributed by atoms with E-state index in [-0.39, 0.29) is 11.3 Å². The van der Waals surface area contributed by atoms with Crippen LogP contribution in [0.1, 0.15) is 30.9 Å². The van der Waals surface area contributed by atoms with E-state index in [0.29, 0.717) is 5.92 Å². The number of nitriles is 1. The Morgan fingerprint density at radius 1 is 1.21 bits per heavy atom. The zero-order valence-electron chi connectivity index (χ0n) is 8.91. The normalized spacial score (nSPS) is 28.1. The van der Waals surface area contributed by atoms with Gasteiger partial charge in [0.2, 0.25) is 0 Å². The molecule has 1 nitrogen and oxygen atoms in total. The first kappa shape index (κ1) is 9.27. The molecule has 0 radical (unpaired) electrons. The van der Waals surface area contributed by atoms with Gasteiger partial charge in [-0.25, -0.2) is 0 Å². The van der Waals surface area contributed by atoms with Crippen molar-refractivity contribution in [3.63, 3.8) is 0 Å². The van der Waals surface area contributed by atoms with Crippen molar-refractivity contribution < 1.29 is 0 Å². The minimum absolute atomic E-state index is 0.171. The van der Waals surface area contributed by atoms with Gasteiger partial charge >= 0.3 is 0 Å². The molecule has 0 heterocycles. The molecule has 2 unspecified atom stereocenters. The third-order valence-electron chi connectivity index (χ3n) is 3.40. The second-order valence-corrected chi connectivity index (χ2v) is 4.82. The monoisotopic (exact) mass is 185 g/mol. The third-order valence-corrected chi connectivity index (χ3v) is 3.40. The van der Waals surface area contributed by atoms with Crippen molar-refractivity contribution in [1.29, 1.82) is 5.26 Å². The van der Waals surface area contributed by atoms with Crippen LogP contribution in [0.15, 0.2) is 24.3 Å². The van der Waals surface area contributed by atoms with Gasteiger partial charge in [0.15, 0.2) is 0 Å². The number of aryl methyl sites for hydroxylation is 1. The molecule has 2 rings (SSSR count). The fourth-order valence-corrected chi connectivity index (χ4v) is 2.27. The van der Waals surface area contributed by atoms with Crippen LogP contribution in [0.3, 0.4) is 0 Å². The summed E-state index contributed by atoms with van der Waals surface area (Å²) in [5.74, 6) is 0.637. The molecule has 0 saturated heterocycles. The van der Waals surface area contributed by atoms with Crippen LogP contribution in [-0.4, -0.2) is 0 Å². The van der Waals surface area contributed by atoms with E-state index in [9.17, 15) is 0 Å². The van der Waals surface area contributed by atoms with Gasteiger partial charge < -0.3 is 0 Å². The van der Waals surface area contributed by atoms with Gasteiger partial charge in [0.1, 0.15) is 0 Å². The summed E-state index contributed by atoms with van der Waals surface area (Å²) in [6.45, 7) is 6.43. The Kier molecular flexibility index (Phi) is 1.89. The maximum absolute atomic E-state index is 8.98. The van der Waals surface area contributed by atoms with Crippen molar-refractivity contribution in [2.24, 2.45) is 11.3 Å². The largest absolute Gasteiger partial charge is 0.198 e. The first-order valence-electron chi connectivity index (χ1n) is 5.03. The Balaban J connectivity index is 2.28. The Morgan fingerprint density at radius 3 is 2.21 bits per heavy atom. The molecule has 1 aromatic rings. The summed E-state index contributed by atoms with van der Waals surface area (Å²) in [5.41, 5.74) is 2.76. The van der Waals surface area contributed by atoms with E-state index in [1.807, 2.05) is 0 Å². The lowest BCUT2D eigenvalue weighted by Gasteiger charge is -2.02. The van der Waals surface area contributed by atoms with Crippen molar-refractivity contribution in [1.82, 2.24) is 0 Å². The average Bonchev–Trinajstić information content (AvgIpc) is 2.69. The summed E-state index contributed by atoms with van der Waals surface area (Å²) >= 11 is 0. The molecule has 0 aliphatic heterocycles. The molecule has 1 saturated carbocycles. The van der Waals surface area contributed by atoms with E-state index in [0.717, 1.165) is 0 Å². The molecule has 72 valence electrons. The Morgan fingerprint density at radius 2 is 1.79 bits per heavy atom. The van der Waals surface area contributed by atoms with Crippen molar-refractivity contribution in [3.8, 4) is 6.07 Å². The topological polar surface area (TPSA) is 23.8 Å². The van der Waals surface area contributed by atoms with E-state index in [2.05, 4.69) is 51.1 Å². The minimum atomic E-state index is 0.171. The highest BCUT2D eigenvalue weighted by Gasteiger charge is 2.58. The molecule has 2 atom stereocenters. The molecule has 0 bridgehead atoms. The molecule has 0 aromatic heterocycles. The summed E-state index contributed by atoms with van der Waals surface area (Å²) < 4.78 is 0. The average molecular weight is 185 g/mol. The van der Waals surface area contributed by atoms with Crippen LogP contribution in [0, 0.1) is 29.6 Å². The number of hydrogen-bond acceptors (Lipinski definition) is 1. The highest BCUT2D eigenvalue weighted by Crippen LogP contribution is 2.63. The van der Waals surface area contributed by atoms with Gasteiger partial charge in [0, 0.05) is 5.92 Å². The van der Waals surface area contributed by atoms with E-state index in [1.165, 1.54) is 11.1 Å². The fraction of sp³-hybridized carbons (Fsp3) is 0.462. The maximum Gasteiger partial charge on any atom is 0.0668 e. The van der Waals surface area contributed by atoms with Crippen molar-refractivity contribution in [3.05, 3.63) is 35.4 Å². The summed E-state index contributed by atoms with van der Waals surface area (Å²) in [6.07, 6.45) is 0. The van der Waals surface area contributed by atoms with Crippen LogP contribution < -0.4 is 0 Å². The molecule has 1 heteroatoms. The van der Waals surface area contributed by atoms with Gasteiger partial charge in [0.25, 0.3) is 0 Å². The highest BCUT2D eigenvalue weighted by atomic mass is 14.6. The van der Waals surface area contributed by atoms with Crippen LogP contribution in [0.5, 0.6) is 0 Å². The van der Waals surface area contributed by atoms with Gasteiger partial charge in [-0.3, -0.25) is 0 Å². The summed E-state index contributed by atoms with van der Waals surface area (Å²) in [4.78, 5) is 0. The lowest BCUT2D eigenvalue weighted by molar-refractivity contribution is 0.596. The molecule has 0 spiro atoms. The first-order chi connectivity index (χ1) is 6.57. The second kappa shape index (κ2) is 2.85. The Bertz CT molecular complexity index is 381. The molecular weight excluding hydrogens is 170 g/mol. The van der Waals surface area contributed by atoms with Gasteiger partial charge in [-0.2, -0.15) is 5.26 Å². The number of hydrogen-bond donors (Lipinski definition) is 0. The zero-order valence-corrected chi connectivity index (χ0v) is 8.91. The number of benzene rings is 1. The van der Waals surface area contributed by atoms with Gasteiger partial charge in [-0.15, -0.1) is 0 Å². The predicted octanol–water partition coefficient (Wildman–Crippen LogP) is 3.26. The van der Waals surface area contributed by atoms with E-state index < -0.39 is 0 Å². The van der Waals surface area contributed by atoms with Gasteiger partial charge in [-0.1, -0.05) is 43.7 Å². The molecule has 1 aliphatic rings. The van der Waals surface area contributed by atoms with Crippen LogP contribution in [0.4, 0.5) is 0 Å².